The van der Waals surface area contributed by atoms with E-state index in [0.29, 0.717) is 17.6 Å². The van der Waals surface area contributed by atoms with Gasteiger partial charge in [-0.2, -0.15) is 4.98 Å². The summed E-state index contributed by atoms with van der Waals surface area (Å²) in [5.74, 6) is 4.27. The van der Waals surface area contributed by atoms with Crippen LogP contribution in [0.5, 0.6) is 0 Å². The first kappa shape index (κ1) is 13.5. The van der Waals surface area contributed by atoms with Crippen LogP contribution < -0.4 is 0 Å². The molecule has 5 nitrogen and oxygen atoms in total. The molecule has 0 atom stereocenters. The molecule has 0 N–H and O–H groups in total. The van der Waals surface area contributed by atoms with Crippen LogP contribution >= 0.6 is 11.8 Å². The number of hydrogen-bond acceptors (Lipinski definition) is 6. The van der Waals surface area contributed by atoms with Gasteiger partial charge < -0.3 is 4.52 Å². The van der Waals surface area contributed by atoms with Crippen LogP contribution in [-0.4, -0.2) is 20.1 Å². The second-order valence-corrected chi connectivity index (χ2v) is 7.25. The quantitative estimate of drug-likeness (QED) is 0.521. The first-order chi connectivity index (χ1) is 11.4. The number of benzene rings is 1. The summed E-state index contributed by atoms with van der Waals surface area (Å²) in [4.78, 5) is 14.0. The minimum Gasteiger partial charge on any atom is -0.339 e. The Balaban J connectivity index is 1.43. The molecule has 2 aliphatic carbocycles. The van der Waals surface area contributed by atoms with E-state index < -0.39 is 0 Å². The molecule has 0 amide bonds. The van der Waals surface area contributed by atoms with Crippen molar-refractivity contribution in [3.8, 4) is 0 Å². The fourth-order valence-electron chi connectivity index (χ4n) is 2.65. The van der Waals surface area contributed by atoms with Gasteiger partial charge in [-0.25, -0.2) is 9.97 Å². The number of rotatable bonds is 5. The Hall–Kier alpha value is -1.95. The van der Waals surface area contributed by atoms with Crippen LogP contribution in [-0.2, 0) is 5.75 Å². The number of thioether (sulfide) groups is 1. The monoisotopic (exact) mass is 324 g/mol. The molecular weight excluding hydrogens is 308 g/mol. The molecule has 0 bridgehead atoms. The average Bonchev–Trinajstić information content (AvgIpc) is 3.50. The van der Waals surface area contributed by atoms with Crippen molar-refractivity contribution in [1.82, 2.24) is 20.1 Å². The number of fused-ring (bicyclic) bond motifs is 1. The van der Waals surface area contributed by atoms with Crippen molar-refractivity contribution in [2.75, 3.05) is 0 Å². The van der Waals surface area contributed by atoms with E-state index in [1.807, 2.05) is 12.1 Å². The van der Waals surface area contributed by atoms with Gasteiger partial charge >= 0.3 is 0 Å². The van der Waals surface area contributed by atoms with E-state index in [2.05, 4.69) is 22.3 Å². The second kappa shape index (κ2) is 5.30. The van der Waals surface area contributed by atoms with Gasteiger partial charge in [-0.3, -0.25) is 0 Å². The summed E-state index contributed by atoms with van der Waals surface area (Å²) in [5, 5.41) is 6.22. The minimum atomic E-state index is 0.502. The third kappa shape index (κ3) is 2.72. The number of nitrogens with zero attached hydrogens (tertiary/aromatic N) is 4. The molecule has 0 radical (unpaired) electrons. The molecular formula is C17H16N4OS. The van der Waals surface area contributed by atoms with Gasteiger partial charge in [-0.1, -0.05) is 35.1 Å². The molecule has 0 saturated heterocycles. The lowest BCUT2D eigenvalue weighted by Crippen LogP contribution is -1.96. The molecule has 1 aromatic carbocycles. The zero-order chi connectivity index (χ0) is 15.2. The van der Waals surface area contributed by atoms with E-state index in [4.69, 9.17) is 14.5 Å². The van der Waals surface area contributed by atoms with Gasteiger partial charge in [-0.15, -0.1) is 0 Å². The molecule has 2 saturated carbocycles. The molecule has 116 valence electrons. The Morgan fingerprint density at radius 3 is 2.65 bits per heavy atom. The predicted octanol–water partition coefficient (Wildman–Crippen LogP) is 4.06. The highest BCUT2D eigenvalue weighted by atomic mass is 32.2. The molecule has 3 aromatic rings. The van der Waals surface area contributed by atoms with Crippen LogP contribution in [0.25, 0.3) is 10.9 Å². The van der Waals surface area contributed by atoms with Gasteiger partial charge in [0.1, 0.15) is 10.9 Å². The molecule has 0 unspecified atom stereocenters. The first-order valence-electron chi connectivity index (χ1n) is 8.09. The standard InChI is InChI=1S/C17H16N4OS/c1-2-4-13-12(3-1)17(20-15(18-13)10-5-6-10)23-9-14-19-16(22-21-14)11-7-8-11/h1-4,10-11H,5-9H2. The van der Waals surface area contributed by atoms with Gasteiger partial charge in [0.2, 0.25) is 5.89 Å². The second-order valence-electron chi connectivity index (χ2n) is 6.29. The van der Waals surface area contributed by atoms with Crippen LogP contribution in [0.2, 0.25) is 0 Å². The van der Waals surface area contributed by atoms with E-state index >= 15 is 0 Å². The SMILES string of the molecule is c1ccc2c(SCc3noc(C4CC4)n3)nc(C3CC3)nc2c1. The third-order valence-corrected chi connectivity index (χ3v) is 5.26. The van der Waals surface area contributed by atoms with Crippen molar-refractivity contribution in [2.24, 2.45) is 0 Å². The first-order valence-corrected chi connectivity index (χ1v) is 9.07. The summed E-state index contributed by atoms with van der Waals surface area (Å²) in [6, 6.07) is 8.21. The maximum absolute atomic E-state index is 5.33. The van der Waals surface area contributed by atoms with Crippen molar-refractivity contribution in [2.45, 2.75) is 48.3 Å². The van der Waals surface area contributed by atoms with Crippen LogP contribution in [0.15, 0.2) is 33.8 Å². The van der Waals surface area contributed by atoms with Crippen LogP contribution in [0, 0.1) is 0 Å². The third-order valence-electron chi connectivity index (χ3n) is 4.28. The normalized spacial score (nSPS) is 17.7. The van der Waals surface area contributed by atoms with E-state index in [0.717, 1.165) is 33.5 Å². The maximum Gasteiger partial charge on any atom is 0.229 e. The van der Waals surface area contributed by atoms with Crippen molar-refractivity contribution < 1.29 is 4.52 Å². The minimum absolute atomic E-state index is 0.502. The summed E-state index contributed by atoms with van der Waals surface area (Å²) in [6.07, 6.45) is 4.77. The Morgan fingerprint density at radius 2 is 1.83 bits per heavy atom. The smallest absolute Gasteiger partial charge is 0.229 e. The van der Waals surface area contributed by atoms with Crippen molar-refractivity contribution >= 4 is 22.7 Å². The molecule has 6 heteroatoms. The van der Waals surface area contributed by atoms with E-state index in [-0.39, 0.29) is 0 Å². The van der Waals surface area contributed by atoms with Gasteiger partial charge in [-0.05, 0) is 31.7 Å². The highest BCUT2D eigenvalue weighted by Gasteiger charge is 2.30. The molecule has 2 aliphatic rings. The molecule has 0 aliphatic heterocycles. The fraction of sp³-hybridized carbons (Fsp3) is 0.412. The highest BCUT2D eigenvalue weighted by Crippen LogP contribution is 2.41. The van der Waals surface area contributed by atoms with Crippen molar-refractivity contribution in [3.63, 3.8) is 0 Å². The molecule has 2 heterocycles. The summed E-state index contributed by atoms with van der Waals surface area (Å²) in [6.45, 7) is 0. The predicted molar refractivity (Wildman–Crippen MR) is 87.3 cm³/mol. The number of hydrogen-bond donors (Lipinski definition) is 0. The lowest BCUT2D eigenvalue weighted by atomic mass is 10.2. The molecule has 2 fully saturated rings. The Bertz CT molecular complexity index is 870. The van der Waals surface area contributed by atoms with E-state index in [1.54, 1.807) is 11.8 Å². The largest absolute Gasteiger partial charge is 0.339 e. The van der Waals surface area contributed by atoms with Crippen LogP contribution in [0.1, 0.15) is 55.1 Å². The summed E-state index contributed by atoms with van der Waals surface area (Å²) in [7, 11) is 0. The van der Waals surface area contributed by atoms with Gasteiger partial charge in [0.25, 0.3) is 0 Å². The van der Waals surface area contributed by atoms with Gasteiger partial charge in [0, 0.05) is 17.2 Å². The maximum atomic E-state index is 5.33. The zero-order valence-corrected chi connectivity index (χ0v) is 13.4. The zero-order valence-electron chi connectivity index (χ0n) is 12.6. The Labute approximate surface area is 137 Å². The number of para-hydroxylation sites is 1. The molecule has 23 heavy (non-hydrogen) atoms. The topological polar surface area (TPSA) is 64.7 Å². The summed E-state index contributed by atoms with van der Waals surface area (Å²) in [5.41, 5.74) is 1.03. The number of aromatic nitrogens is 4. The highest BCUT2D eigenvalue weighted by molar-refractivity contribution is 7.98. The lowest BCUT2D eigenvalue weighted by Gasteiger charge is -2.06. The van der Waals surface area contributed by atoms with Crippen molar-refractivity contribution in [1.29, 1.82) is 0 Å². The van der Waals surface area contributed by atoms with E-state index in [9.17, 15) is 0 Å². The molecule has 5 rings (SSSR count). The van der Waals surface area contributed by atoms with Gasteiger partial charge in [0.15, 0.2) is 5.82 Å². The molecule has 0 spiro atoms. The Kier molecular flexibility index (Phi) is 3.11. The van der Waals surface area contributed by atoms with Crippen molar-refractivity contribution in [3.05, 3.63) is 41.8 Å². The van der Waals surface area contributed by atoms with Crippen LogP contribution in [0.4, 0.5) is 0 Å². The fourth-order valence-corrected chi connectivity index (χ4v) is 3.52. The Morgan fingerprint density at radius 1 is 1.00 bits per heavy atom. The summed E-state index contributed by atoms with van der Waals surface area (Å²) >= 11 is 1.67. The average molecular weight is 324 g/mol. The molecule has 2 aromatic heterocycles. The lowest BCUT2D eigenvalue weighted by molar-refractivity contribution is 0.375. The van der Waals surface area contributed by atoms with Crippen LogP contribution in [0.3, 0.4) is 0 Å². The van der Waals surface area contributed by atoms with E-state index in [1.165, 1.54) is 25.7 Å². The summed E-state index contributed by atoms with van der Waals surface area (Å²) < 4.78 is 5.33. The van der Waals surface area contributed by atoms with Gasteiger partial charge in [0.05, 0.1) is 11.3 Å².